The molecule has 1 aliphatic rings. The highest BCUT2D eigenvalue weighted by Crippen LogP contribution is 2.40. The molecule has 0 radical (unpaired) electrons. The van der Waals surface area contributed by atoms with E-state index in [2.05, 4.69) is 0 Å². The van der Waals surface area contributed by atoms with Gasteiger partial charge in [-0.1, -0.05) is 18.2 Å². The molecular weight excluding hydrogens is 335 g/mol. The topological polar surface area (TPSA) is 44.8 Å². The third-order valence-electron chi connectivity index (χ3n) is 2.87. The first-order chi connectivity index (χ1) is 8.23. The van der Waals surface area contributed by atoms with E-state index < -0.39 is 5.79 Å². The van der Waals surface area contributed by atoms with Crippen LogP contribution in [-0.2, 0) is 18.3 Å². The Morgan fingerprint density at radius 2 is 2.18 bits per heavy atom. The zero-order valence-corrected chi connectivity index (χ0v) is 11.6. The van der Waals surface area contributed by atoms with Gasteiger partial charge in [-0.05, 0) is 12.5 Å². The molecule has 0 saturated carbocycles. The SMILES string of the molecule is COC1(CCCOI)OC(=O)c2ccccc21. The zero-order valence-electron chi connectivity index (χ0n) is 9.44. The van der Waals surface area contributed by atoms with Crippen molar-refractivity contribution in [2.75, 3.05) is 13.7 Å². The lowest BCUT2D eigenvalue weighted by Gasteiger charge is -2.26. The monoisotopic (exact) mass is 348 g/mol. The van der Waals surface area contributed by atoms with E-state index in [1.165, 1.54) is 0 Å². The van der Waals surface area contributed by atoms with Gasteiger partial charge in [-0.2, -0.15) is 0 Å². The molecule has 0 aromatic heterocycles. The van der Waals surface area contributed by atoms with E-state index in [1.807, 2.05) is 41.2 Å². The number of rotatable bonds is 5. The molecule has 1 aromatic carbocycles. The van der Waals surface area contributed by atoms with E-state index in [1.54, 1.807) is 13.2 Å². The van der Waals surface area contributed by atoms with Crippen molar-refractivity contribution in [3.05, 3.63) is 35.4 Å². The summed E-state index contributed by atoms with van der Waals surface area (Å²) >= 11 is 1.85. The van der Waals surface area contributed by atoms with Crippen LogP contribution < -0.4 is 0 Å². The second-order valence-corrected chi connectivity index (χ2v) is 4.43. The van der Waals surface area contributed by atoms with Crippen LogP contribution in [0, 0.1) is 0 Å². The number of fused-ring (bicyclic) bond motifs is 1. The summed E-state index contributed by atoms with van der Waals surface area (Å²) in [7, 11) is 1.56. The molecule has 1 unspecified atom stereocenters. The number of esters is 1. The maximum Gasteiger partial charge on any atom is 0.341 e. The lowest BCUT2D eigenvalue weighted by atomic mass is 9.98. The van der Waals surface area contributed by atoms with Crippen LogP contribution in [0.1, 0.15) is 28.8 Å². The molecule has 0 bridgehead atoms. The minimum Gasteiger partial charge on any atom is -0.425 e. The van der Waals surface area contributed by atoms with E-state index >= 15 is 0 Å². The quantitative estimate of drug-likeness (QED) is 0.466. The van der Waals surface area contributed by atoms with Crippen molar-refractivity contribution < 1.29 is 17.3 Å². The van der Waals surface area contributed by atoms with Gasteiger partial charge in [0.15, 0.2) is 0 Å². The zero-order chi connectivity index (χ0) is 12.3. The molecule has 0 fully saturated rings. The van der Waals surface area contributed by atoms with Crippen LogP contribution in [0.3, 0.4) is 0 Å². The van der Waals surface area contributed by atoms with E-state index in [4.69, 9.17) is 12.5 Å². The number of ether oxygens (including phenoxy) is 2. The smallest absolute Gasteiger partial charge is 0.341 e. The summed E-state index contributed by atoms with van der Waals surface area (Å²) in [6, 6.07) is 7.32. The van der Waals surface area contributed by atoms with Gasteiger partial charge in [0.2, 0.25) is 5.79 Å². The molecule has 1 aliphatic heterocycles. The largest absolute Gasteiger partial charge is 0.425 e. The standard InChI is InChI=1S/C12H13IO4/c1-15-12(7-4-8-16-13)10-6-3-2-5-9(10)11(14)17-12/h2-3,5-6H,4,7-8H2,1H3. The molecule has 0 spiro atoms. The van der Waals surface area contributed by atoms with Gasteiger partial charge in [-0.25, -0.2) is 4.79 Å². The fraction of sp³-hybridized carbons (Fsp3) is 0.417. The number of benzene rings is 1. The Morgan fingerprint density at radius 3 is 2.88 bits per heavy atom. The van der Waals surface area contributed by atoms with Crippen molar-refractivity contribution in [2.45, 2.75) is 18.6 Å². The first kappa shape index (κ1) is 12.8. The third-order valence-corrected chi connectivity index (χ3v) is 3.31. The van der Waals surface area contributed by atoms with Crippen LogP contribution in [0.25, 0.3) is 0 Å². The van der Waals surface area contributed by atoms with Gasteiger partial charge in [-0.3, -0.25) is 0 Å². The summed E-state index contributed by atoms with van der Waals surface area (Å²) in [4.78, 5) is 11.7. The van der Waals surface area contributed by atoms with Crippen LogP contribution in [-0.4, -0.2) is 19.7 Å². The molecule has 0 aliphatic carbocycles. The van der Waals surface area contributed by atoms with Gasteiger partial charge >= 0.3 is 5.97 Å². The molecule has 0 amide bonds. The average molecular weight is 348 g/mol. The lowest BCUT2D eigenvalue weighted by molar-refractivity contribution is -0.192. The highest BCUT2D eigenvalue weighted by atomic mass is 127. The Kier molecular flexibility index (Phi) is 4.01. The van der Waals surface area contributed by atoms with Crippen LogP contribution in [0.5, 0.6) is 0 Å². The van der Waals surface area contributed by atoms with Crippen molar-refractivity contribution in [1.82, 2.24) is 0 Å². The first-order valence-electron chi connectivity index (χ1n) is 5.35. The fourth-order valence-corrected chi connectivity index (χ4v) is 2.36. The minimum absolute atomic E-state index is 0.321. The Hall–Kier alpha value is -0.660. The molecule has 1 heterocycles. The number of hydrogen-bond acceptors (Lipinski definition) is 4. The van der Waals surface area contributed by atoms with E-state index in [0.717, 1.165) is 12.0 Å². The maximum absolute atomic E-state index is 11.7. The molecule has 0 N–H and O–H groups in total. The highest BCUT2D eigenvalue weighted by Gasteiger charge is 2.45. The molecular formula is C12H13IO4. The highest BCUT2D eigenvalue weighted by molar-refractivity contribution is 14.1. The molecule has 1 atom stereocenters. The van der Waals surface area contributed by atoms with E-state index in [0.29, 0.717) is 18.6 Å². The Bertz CT molecular complexity index is 421. The van der Waals surface area contributed by atoms with E-state index in [-0.39, 0.29) is 5.97 Å². The summed E-state index contributed by atoms with van der Waals surface area (Å²) in [5, 5.41) is 0. The van der Waals surface area contributed by atoms with Gasteiger partial charge in [0.05, 0.1) is 12.2 Å². The Morgan fingerprint density at radius 1 is 1.41 bits per heavy atom. The molecule has 1 aromatic rings. The van der Waals surface area contributed by atoms with E-state index in [9.17, 15) is 4.79 Å². The third kappa shape index (κ3) is 2.31. The Labute approximate surface area is 114 Å². The summed E-state index contributed by atoms with van der Waals surface area (Å²) in [6.07, 6.45) is 1.35. The van der Waals surface area contributed by atoms with Crippen LogP contribution in [0.4, 0.5) is 0 Å². The summed E-state index contributed by atoms with van der Waals surface area (Å²) in [6.45, 7) is 0.603. The Balaban J connectivity index is 2.27. The molecule has 4 nitrogen and oxygen atoms in total. The maximum atomic E-state index is 11.7. The predicted molar refractivity (Wildman–Crippen MR) is 69.8 cm³/mol. The number of carbonyl (C=O) groups is 1. The predicted octanol–water partition coefficient (Wildman–Crippen LogP) is 2.80. The average Bonchev–Trinajstić information content (AvgIpc) is 2.65. The second kappa shape index (κ2) is 5.32. The van der Waals surface area contributed by atoms with Gasteiger partial charge in [-0.15, -0.1) is 0 Å². The second-order valence-electron chi connectivity index (χ2n) is 3.81. The van der Waals surface area contributed by atoms with Crippen molar-refractivity contribution in [1.29, 1.82) is 0 Å². The molecule has 5 heteroatoms. The van der Waals surface area contributed by atoms with Gasteiger partial charge in [0, 0.05) is 19.1 Å². The number of methoxy groups -OCH3 is 1. The van der Waals surface area contributed by atoms with Crippen molar-refractivity contribution >= 4 is 29.0 Å². The van der Waals surface area contributed by atoms with Crippen LogP contribution in [0.2, 0.25) is 0 Å². The number of carbonyl (C=O) groups excluding carboxylic acids is 1. The minimum atomic E-state index is -0.942. The fourth-order valence-electron chi connectivity index (χ4n) is 2.05. The van der Waals surface area contributed by atoms with Gasteiger partial charge in [0.1, 0.15) is 23.0 Å². The lowest BCUT2D eigenvalue weighted by Crippen LogP contribution is -2.28. The van der Waals surface area contributed by atoms with Crippen molar-refractivity contribution in [2.24, 2.45) is 0 Å². The number of hydrogen-bond donors (Lipinski definition) is 0. The molecule has 17 heavy (non-hydrogen) atoms. The molecule has 92 valence electrons. The normalized spacial score (nSPS) is 22.4. The van der Waals surface area contributed by atoms with Gasteiger partial charge in [0.25, 0.3) is 0 Å². The summed E-state index contributed by atoms with van der Waals surface area (Å²) in [5.41, 5.74) is 1.39. The number of cyclic esters (lactones) is 1. The number of halogens is 1. The molecule has 0 saturated heterocycles. The van der Waals surface area contributed by atoms with Crippen molar-refractivity contribution in [3.8, 4) is 0 Å². The van der Waals surface area contributed by atoms with Gasteiger partial charge < -0.3 is 12.5 Å². The van der Waals surface area contributed by atoms with Crippen molar-refractivity contribution in [3.63, 3.8) is 0 Å². The summed E-state index contributed by atoms with van der Waals surface area (Å²) in [5.74, 6) is -1.26. The summed E-state index contributed by atoms with van der Waals surface area (Å²) < 4.78 is 15.8. The molecule has 2 rings (SSSR count). The first-order valence-corrected chi connectivity index (χ1v) is 6.23. The van der Waals surface area contributed by atoms with Crippen LogP contribution >= 0.6 is 23.0 Å². The van der Waals surface area contributed by atoms with Crippen LogP contribution in [0.15, 0.2) is 24.3 Å².